The Balaban J connectivity index is 0.936. The summed E-state index contributed by atoms with van der Waals surface area (Å²) in [5.41, 5.74) is 4.02. The topological polar surface area (TPSA) is 86.2 Å². The Bertz CT molecular complexity index is 1830. The Kier molecular flexibility index (Phi) is 14.1. The van der Waals surface area contributed by atoms with Crippen LogP contribution in [0.1, 0.15) is 128 Å². The lowest BCUT2D eigenvalue weighted by Gasteiger charge is -2.58. The van der Waals surface area contributed by atoms with Crippen LogP contribution in [0.5, 0.6) is 11.5 Å². The van der Waals surface area contributed by atoms with E-state index in [4.69, 9.17) is 18.9 Å². The second kappa shape index (κ2) is 19.1. The SMILES string of the molecule is COc1ccc(C(OCCC(O)CNC(=O)O[C@H]2CC[C@@]3(C)C(=CC[C@H]4[C@@H]5CC[C@H]([C@H](C)CCCC(C)C)[C@@]5(C)CC[C@@H]43)C2)(c2ccccc2)c2ccc(OC)cc2)cc1. The molecule has 1 unspecified atom stereocenters. The van der Waals surface area contributed by atoms with Gasteiger partial charge in [-0.25, -0.2) is 4.79 Å². The third-order valence-electron chi connectivity index (χ3n) is 16.0. The molecule has 0 aliphatic heterocycles. The summed E-state index contributed by atoms with van der Waals surface area (Å²) in [6.45, 7) is 12.8. The number of carbonyl (C=O) groups is 1. The Labute approximate surface area is 361 Å². The van der Waals surface area contributed by atoms with Crippen molar-refractivity contribution in [2.75, 3.05) is 27.4 Å². The summed E-state index contributed by atoms with van der Waals surface area (Å²) in [6.07, 6.45) is 15.0. The molecular formula is C53H73NO6. The monoisotopic (exact) mass is 820 g/mol. The van der Waals surface area contributed by atoms with Gasteiger partial charge in [0.05, 0.1) is 26.9 Å². The largest absolute Gasteiger partial charge is 0.497 e. The molecule has 4 aliphatic carbocycles. The van der Waals surface area contributed by atoms with Crippen LogP contribution < -0.4 is 14.8 Å². The Morgan fingerprint density at radius 3 is 2.08 bits per heavy atom. The van der Waals surface area contributed by atoms with E-state index in [0.717, 1.165) is 83.0 Å². The van der Waals surface area contributed by atoms with Crippen molar-refractivity contribution in [3.8, 4) is 11.5 Å². The first-order valence-electron chi connectivity index (χ1n) is 23.2. The first-order chi connectivity index (χ1) is 28.9. The van der Waals surface area contributed by atoms with Crippen LogP contribution in [0.15, 0.2) is 90.5 Å². The van der Waals surface area contributed by atoms with Gasteiger partial charge < -0.3 is 29.4 Å². The van der Waals surface area contributed by atoms with Gasteiger partial charge in [0.2, 0.25) is 0 Å². The molecule has 2 N–H and O–H groups in total. The third kappa shape index (κ3) is 9.05. The third-order valence-corrected chi connectivity index (χ3v) is 16.0. The van der Waals surface area contributed by atoms with Crippen molar-refractivity contribution in [3.63, 3.8) is 0 Å². The molecule has 3 saturated carbocycles. The van der Waals surface area contributed by atoms with E-state index in [1.54, 1.807) is 14.2 Å². The predicted octanol–water partition coefficient (Wildman–Crippen LogP) is 11.9. The van der Waals surface area contributed by atoms with Crippen LogP contribution in [0.4, 0.5) is 4.79 Å². The molecule has 3 aromatic rings. The van der Waals surface area contributed by atoms with Crippen LogP contribution in [0.3, 0.4) is 0 Å². The second-order valence-electron chi connectivity index (χ2n) is 19.7. The number of fused-ring (bicyclic) bond motifs is 5. The van der Waals surface area contributed by atoms with Gasteiger partial charge in [-0.2, -0.15) is 0 Å². The number of ether oxygens (including phenoxy) is 4. The van der Waals surface area contributed by atoms with Crippen molar-refractivity contribution in [3.05, 3.63) is 107 Å². The highest BCUT2D eigenvalue weighted by atomic mass is 16.6. The van der Waals surface area contributed by atoms with Gasteiger partial charge in [-0.1, -0.05) is 120 Å². The number of nitrogens with one attached hydrogen (secondary N) is 1. The molecule has 0 radical (unpaired) electrons. The summed E-state index contributed by atoms with van der Waals surface area (Å²) in [5.74, 6) is 6.33. The molecule has 9 atom stereocenters. The van der Waals surface area contributed by atoms with Crippen molar-refractivity contribution in [1.29, 1.82) is 0 Å². The average Bonchev–Trinajstić information content (AvgIpc) is 3.62. The van der Waals surface area contributed by atoms with Crippen LogP contribution >= 0.6 is 0 Å². The first-order valence-corrected chi connectivity index (χ1v) is 23.2. The fraction of sp³-hybridized carbons (Fsp3) is 0.604. The standard InChI is InChI=1S/C53H73NO6/c1-36(2)12-11-13-37(3)47-26-27-48-46-25-20-41-34-45(28-31-51(41,4)49(46)29-32-52(47,48)5)60-50(56)54-35-42(55)30-33-59-53(38-14-9-8-10-15-38,39-16-21-43(57-6)22-17-39)40-18-23-44(58-7)24-19-40/h8-10,14-24,36-37,42,45-49,55H,11-13,25-35H2,1-7H3,(H,54,56)/t37-,42?,45+,46+,47-,48+,49+,51+,52-/m1/s1. The molecule has 7 heteroatoms. The summed E-state index contributed by atoms with van der Waals surface area (Å²) in [5, 5.41) is 14.0. The molecule has 1 amide bonds. The molecule has 7 nitrogen and oxygen atoms in total. The Morgan fingerprint density at radius 1 is 0.800 bits per heavy atom. The average molecular weight is 820 g/mol. The summed E-state index contributed by atoms with van der Waals surface area (Å²) < 4.78 is 23.9. The lowest BCUT2D eigenvalue weighted by molar-refractivity contribution is -0.0582. The fourth-order valence-corrected chi connectivity index (χ4v) is 12.7. The summed E-state index contributed by atoms with van der Waals surface area (Å²) in [7, 11) is 3.31. The fourth-order valence-electron chi connectivity index (χ4n) is 12.7. The van der Waals surface area contributed by atoms with E-state index < -0.39 is 17.8 Å². The molecule has 4 aliphatic rings. The number of benzene rings is 3. The van der Waals surface area contributed by atoms with Crippen molar-refractivity contribution in [1.82, 2.24) is 5.32 Å². The van der Waals surface area contributed by atoms with Crippen LogP contribution in [0.2, 0.25) is 0 Å². The van der Waals surface area contributed by atoms with E-state index in [1.807, 2.05) is 66.7 Å². The van der Waals surface area contributed by atoms with Gasteiger partial charge in [-0.05, 0) is 139 Å². The van der Waals surface area contributed by atoms with Crippen LogP contribution in [0, 0.1) is 46.3 Å². The molecule has 7 rings (SSSR count). The van der Waals surface area contributed by atoms with Gasteiger partial charge in [0.15, 0.2) is 0 Å². The molecule has 0 saturated heterocycles. The molecule has 0 heterocycles. The zero-order valence-electron chi connectivity index (χ0n) is 37.6. The van der Waals surface area contributed by atoms with Gasteiger partial charge >= 0.3 is 6.09 Å². The maximum absolute atomic E-state index is 13.2. The highest BCUT2D eigenvalue weighted by molar-refractivity contribution is 5.67. The maximum Gasteiger partial charge on any atom is 0.407 e. The van der Waals surface area contributed by atoms with E-state index in [-0.39, 0.29) is 24.7 Å². The van der Waals surface area contributed by atoms with E-state index in [0.29, 0.717) is 11.8 Å². The number of allylic oxidation sites excluding steroid dienone is 1. The smallest absolute Gasteiger partial charge is 0.407 e. The number of aliphatic hydroxyl groups excluding tert-OH is 1. The number of hydrogen-bond acceptors (Lipinski definition) is 6. The van der Waals surface area contributed by atoms with Crippen molar-refractivity contribution in [2.24, 2.45) is 46.3 Å². The lowest BCUT2D eigenvalue weighted by atomic mass is 9.47. The number of hydrogen-bond donors (Lipinski definition) is 2. The number of alkyl carbamates (subject to hydrolysis) is 1. The maximum atomic E-state index is 13.2. The van der Waals surface area contributed by atoms with E-state index >= 15 is 0 Å². The first kappa shape index (κ1) is 44.3. The minimum Gasteiger partial charge on any atom is -0.497 e. The summed E-state index contributed by atoms with van der Waals surface area (Å²) in [6, 6.07) is 25.9. The number of methoxy groups -OCH3 is 2. The van der Waals surface area contributed by atoms with Gasteiger partial charge in [0, 0.05) is 13.0 Å². The van der Waals surface area contributed by atoms with Gasteiger partial charge in [0.1, 0.15) is 23.2 Å². The van der Waals surface area contributed by atoms with Crippen LogP contribution in [-0.4, -0.2) is 50.8 Å². The van der Waals surface area contributed by atoms with Gasteiger partial charge in [-0.15, -0.1) is 0 Å². The van der Waals surface area contributed by atoms with E-state index in [1.165, 1.54) is 56.9 Å². The van der Waals surface area contributed by atoms with E-state index in [9.17, 15) is 9.90 Å². The zero-order chi connectivity index (χ0) is 42.5. The lowest BCUT2D eigenvalue weighted by Crippen LogP contribution is -2.51. The minimum absolute atomic E-state index is 0.0833. The molecule has 3 fully saturated rings. The van der Waals surface area contributed by atoms with Crippen molar-refractivity contribution < 1.29 is 28.8 Å². The Hall–Kier alpha value is -3.81. The number of aliphatic hydroxyl groups is 1. The summed E-state index contributed by atoms with van der Waals surface area (Å²) in [4.78, 5) is 13.2. The molecule has 3 aromatic carbocycles. The Morgan fingerprint density at radius 2 is 1.45 bits per heavy atom. The minimum atomic E-state index is -0.975. The predicted molar refractivity (Wildman–Crippen MR) is 240 cm³/mol. The molecule has 0 bridgehead atoms. The number of amides is 1. The van der Waals surface area contributed by atoms with Gasteiger partial charge in [0.25, 0.3) is 0 Å². The number of rotatable bonds is 17. The highest BCUT2D eigenvalue weighted by Crippen LogP contribution is 2.67. The molecular weight excluding hydrogens is 747 g/mol. The van der Waals surface area contributed by atoms with Crippen LogP contribution in [-0.2, 0) is 15.1 Å². The summed E-state index contributed by atoms with van der Waals surface area (Å²) >= 11 is 0. The normalized spacial score (nSPS) is 28.4. The molecule has 0 spiro atoms. The van der Waals surface area contributed by atoms with Crippen molar-refractivity contribution in [2.45, 2.75) is 129 Å². The van der Waals surface area contributed by atoms with E-state index in [2.05, 4.69) is 58.1 Å². The van der Waals surface area contributed by atoms with Crippen molar-refractivity contribution >= 4 is 6.09 Å². The number of carbonyl (C=O) groups excluding carboxylic acids is 1. The molecule has 326 valence electrons. The zero-order valence-corrected chi connectivity index (χ0v) is 37.6. The highest BCUT2D eigenvalue weighted by Gasteiger charge is 2.59. The van der Waals surface area contributed by atoms with Gasteiger partial charge in [-0.3, -0.25) is 0 Å². The quantitative estimate of drug-likeness (QED) is 0.104. The van der Waals surface area contributed by atoms with Crippen LogP contribution in [0.25, 0.3) is 0 Å². The molecule has 60 heavy (non-hydrogen) atoms. The molecule has 0 aromatic heterocycles. The second-order valence-corrected chi connectivity index (χ2v) is 19.7.